The summed E-state index contributed by atoms with van der Waals surface area (Å²) in [5.41, 5.74) is 1.48. The van der Waals surface area contributed by atoms with Crippen LogP contribution in [0.4, 0.5) is 0 Å². The second-order valence-corrected chi connectivity index (χ2v) is 7.46. The summed E-state index contributed by atoms with van der Waals surface area (Å²) < 4.78 is 6.59. The van der Waals surface area contributed by atoms with Crippen molar-refractivity contribution in [1.82, 2.24) is 9.66 Å². The summed E-state index contributed by atoms with van der Waals surface area (Å²) in [5.74, 6) is 0.612. The standard InChI is InChI=1S/C22H23N3O3/c1-14(2)13-18-23-17-12-8-7-11-16(17)21(26)24(18)25-19(20(25)22(27)28-3)15-9-5-4-6-10-15/h4-12,14,19-20H,13H2,1-3H3/t19-,20+,25?/m0/s1. The van der Waals surface area contributed by atoms with Gasteiger partial charge >= 0.3 is 5.97 Å². The van der Waals surface area contributed by atoms with Gasteiger partial charge in [0.25, 0.3) is 5.56 Å². The summed E-state index contributed by atoms with van der Waals surface area (Å²) in [7, 11) is 1.37. The molecule has 0 radical (unpaired) electrons. The van der Waals surface area contributed by atoms with E-state index in [4.69, 9.17) is 9.72 Å². The van der Waals surface area contributed by atoms with Gasteiger partial charge in [-0.3, -0.25) is 9.80 Å². The number of hydrogen-bond acceptors (Lipinski definition) is 5. The molecule has 1 aromatic heterocycles. The van der Waals surface area contributed by atoms with Gasteiger partial charge in [-0.25, -0.2) is 14.5 Å². The van der Waals surface area contributed by atoms with E-state index < -0.39 is 6.04 Å². The quantitative estimate of drug-likeness (QED) is 0.505. The van der Waals surface area contributed by atoms with E-state index in [1.54, 1.807) is 15.8 Å². The molecule has 0 unspecified atom stereocenters. The number of para-hydroxylation sites is 1. The monoisotopic (exact) mass is 377 g/mol. The van der Waals surface area contributed by atoms with E-state index in [0.29, 0.717) is 29.1 Å². The lowest BCUT2D eigenvalue weighted by Gasteiger charge is -2.17. The van der Waals surface area contributed by atoms with Crippen LogP contribution in [0.25, 0.3) is 10.9 Å². The zero-order valence-electron chi connectivity index (χ0n) is 16.2. The lowest BCUT2D eigenvalue weighted by molar-refractivity contribution is -0.140. The van der Waals surface area contributed by atoms with Gasteiger partial charge in [0.15, 0.2) is 6.04 Å². The summed E-state index contributed by atoms with van der Waals surface area (Å²) >= 11 is 0. The first-order valence-corrected chi connectivity index (χ1v) is 9.45. The number of methoxy groups -OCH3 is 1. The van der Waals surface area contributed by atoms with Crippen LogP contribution in [-0.2, 0) is 16.0 Å². The molecule has 1 saturated heterocycles. The molecule has 4 rings (SSSR count). The van der Waals surface area contributed by atoms with Gasteiger partial charge in [-0.1, -0.05) is 56.3 Å². The van der Waals surface area contributed by atoms with Gasteiger partial charge in [-0.05, 0) is 23.6 Å². The van der Waals surface area contributed by atoms with Crippen molar-refractivity contribution < 1.29 is 9.53 Å². The number of carbonyl (C=O) groups excluding carboxylic acids is 1. The average molecular weight is 377 g/mol. The first-order valence-electron chi connectivity index (χ1n) is 9.45. The van der Waals surface area contributed by atoms with E-state index in [0.717, 1.165) is 5.56 Å². The van der Waals surface area contributed by atoms with Crippen LogP contribution in [0.15, 0.2) is 59.4 Å². The molecule has 0 amide bonds. The fourth-order valence-electron chi connectivity index (χ4n) is 3.72. The second-order valence-electron chi connectivity index (χ2n) is 7.46. The van der Waals surface area contributed by atoms with E-state index in [9.17, 15) is 9.59 Å². The Morgan fingerprint density at radius 3 is 2.46 bits per heavy atom. The topological polar surface area (TPSA) is 64.2 Å². The molecular weight excluding hydrogens is 354 g/mol. The number of aromatic nitrogens is 2. The summed E-state index contributed by atoms with van der Waals surface area (Å²) in [4.78, 5) is 30.6. The number of ether oxygens (including phenoxy) is 1. The van der Waals surface area contributed by atoms with Gasteiger partial charge in [0, 0.05) is 6.42 Å². The first-order chi connectivity index (χ1) is 13.5. The highest BCUT2D eigenvalue weighted by Gasteiger charge is 2.56. The zero-order valence-corrected chi connectivity index (χ0v) is 16.2. The molecule has 0 aliphatic carbocycles. The van der Waals surface area contributed by atoms with Crippen molar-refractivity contribution >= 4 is 16.9 Å². The number of hydrogen-bond donors (Lipinski definition) is 0. The fraction of sp³-hybridized carbons (Fsp3) is 0.318. The molecule has 1 fully saturated rings. The fourth-order valence-corrected chi connectivity index (χ4v) is 3.72. The Morgan fingerprint density at radius 2 is 1.79 bits per heavy atom. The highest BCUT2D eigenvalue weighted by Crippen LogP contribution is 2.41. The molecule has 1 aliphatic heterocycles. The predicted octanol–water partition coefficient (Wildman–Crippen LogP) is 2.83. The van der Waals surface area contributed by atoms with Crippen LogP contribution < -0.4 is 10.6 Å². The van der Waals surface area contributed by atoms with Gasteiger partial charge in [-0.2, -0.15) is 0 Å². The van der Waals surface area contributed by atoms with Crippen molar-refractivity contribution in [2.75, 3.05) is 12.1 Å². The normalized spacial score (nSPS) is 18.5. The molecule has 0 bridgehead atoms. The molecule has 1 aliphatic rings. The Balaban J connectivity index is 1.90. The summed E-state index contributed by atoms with van der Waals surface area (Å²) in [5, 5.41) is 2.33. The van der Waals surface area contributed by atoms with E-state index in [-0.39, 0.29) is 17.6 Å². The highest BCUT2D eigenvalue weighted by atomic mass is 16.5. The van der Waals surface area contributed by atoms with Crippen LogP contribution in [0, 0.1) is 5.92 Å². The molecule has 2 aromatic carbocycles. The van der Waals surface area contributed by atoms with Crippen LogP contribution in [0.2, 0.25) is 0 Å². The molecule has 28 heavy (non-hydrogen) atoms. The number of fused-ring (bicyclic) bond motifs is 1. The van der Waals surface area contributed by atoms with Crippen molar-refractivity contribution in [3.05, 3.63) is 76.3 Å². The lowest BCUT2D eigenvalue weighted by atomic mass is 10.1. The maximum absolute atomic E-state index is 13.4. The molecule has 144 valence electrons. The molecule has 0 N–H and O–H groups in total. The maximum atomic E-state index is 13.4. The minimum atomic E-state index is -0.543. The van der Waals surface area contributed by atoms with Crippen LogP contribution in [-0.4, -0.2) is 28.8 Å². The molecule has 0 saturated carbocycles. The zero-order chi connectivity index (χ0) is 19.8. The van der Waals surface area contributed by atoms with Crippen LogP contribution in [0.3, 0.4) is 0 Å². The van der Waals surface area contributed by atoms with Crippen molar-refractivity contribution in [2.24, 2.45) is 5.92 Å². The van der Waals surface area contributed by atoms with E-state index in [1.165, 1.54) is 7.11 Å². The van der Waals surface area contributed by atoms with E-state index in [1.807, 2.05) is 48.5 Å². The lowest BCUT2D eigenvalue weighted by Crippen LogP contribution is -2.36. The van der Waals surface area contributed by atoms with Crippen molar-refractivity contribution in [3.63, 3.8) is 0 Å². The summed E-state index contributed by atoms with van der Waals surface area (Å²) in [6.07, 6.45) is 0.631. The SMILES string of the molecule is COC(=O)[C@H]1[C@H](c2ccccc2)N1n1c(CC(C)C)nc2ccccc2c1=O. The smallest absolute Gasteiger partial charge is 0.332 e. The Morgan fingerprint density at radius 1 is 1.11 bits per heavy atom. The Bertz CT molecular complexity index is 1080. The molecule has 6 nitrogen and oxygen atoms in total. The van der Waals surface area contributed by atoms with Crippen molar-refractivity contribution in [3.8, 4) is 0 Å². The number of carbonyl (C=O) groups is 1. The van der Waals surface area contributed by atoms with Crippen molar-refractivity contribution in [1.29, 1.82) is 0 Å². The number of benzene rings is 2. The Kier molecular flexibility index (Phi) is 4.63. The molecule has 2 atom stereocenters. The van der Waals surface area contributed by atoms with Gasteiger partial charge < -0.3 is 4.74 Å². The van der Waals surface area contributed by atoms with Gasteiger partial charge in [0.2, 0.25) is 0 Å². The molecule has 2 heterocycles. The molecule has 0 spiro atoms. The minimum absolute atomic E-state index is 0.159. The number of rotatable bonds is 5. The third kappa shape index (κ3) is 3.05. The van der Waals surface area contributed by atoms with E-state index >= 15 is 0 Å². The largest absolute Gasteiger partial charge is 0.467 e. The molecule has 3 aromatic rings. The third-order valence-corrected chi connectivity index (χ3v) is 5.01. The van der Waals surface area contributed by atoms with Crippen molar-refractivity contribution in [2.45, 2.75) is 32.4 Å². The van der Waals surface area contributed by atoms with Gasteiger partial charge in [-0.15, -0.1) is 0 Å². The first kappa shape index (κ1) is 18.2. The number of nitrogens with zero attached hydrogens (tertiary/aromatic N) is 3. The summed E-state index contributed by atoms with van der Waals surface area (Å²) in [6, 6.07) is 16.2. The second kappa shape index (κ2) is 7.11. The van der Waals surface area contributed by atoms with Crippen LogP contribution in [0.1, 0.15) is 31.3 Å². The Labute approximate surface area is 163 Å². The number of esters is 1. The van der Waals surface area contributed by atoms with Crippen LogP contribution >= 0.6 is 0 Å². The van der Waals surface area contributed by atoms with E-state index in [2.05, 4.69) is 13.8 Å². The van der Waals surface area contributed by atoms with Crippen LogP contribution in [0.5, 0.6) is 0 Å². The Hall–Kier alpha value is -3.15. The van der Waals surface area contributed by atoms with Gasteiger partial charge in [0.1, 0.15) is 11.9 Å². The molecular formula is C22H23N3O3. The van der Waals surface area contributed by atoms with Gasteiger partial charge in [0.05, 0.1) is 18.0 Å². The third-order valence-electron chi connectivity index (χ3n) is 5.01. The maximum Gasteiger partial charge on any atom is 0.332 e. The molecule has 6 heteroatoms. The average Bonchev–Trinajstić information content (AvgIpc) is 3.43. The highest BCUT2D eigenvalue weighted by molar-refractivity contribution is 5.85. The summed E-state index contributed by atoms with van der Waals surface area (Å²) in [6.45, 7) is 4.17. The predicted molar refractivity (Wildman–Crippen MR) is 108 cm³/mol. The minimum Gasteiger partial charge on any atom is -0.467 e.